The smallest absolute Gasteiger partial charge is 0.237 e. The van der Waals surface area contributed by atoms with Gasteiger partial charge in [-0.3, -0.25) is 9.13 Å². The zero-order valence-corrected chi connectivity index (χ0v) is 51.1. The second-order valence-corrected chi connectivity index (χ2v) is 23.8. The van der Waals surface area contributed by atoms with Crippen molar-refractivity contribution >= 4 is 127 Å². The third-order valence-corrected chi connectivity index (χ3v) is 18.3. The van der Waals surface area contributed by atoms with E-state index in [1.807, 2.05) is 0 Å². The molecule has 0 radical (unpaired) electrons. The number of anilines is 9. The molecule has 4 aromatic heterocycles. The van der Waals surface area contributed by atoms with Gasteiger partial charge in [-0.1, -0.05) is 182 Å². The molecule has 0 spiro atoms. The normalized spacial score (nSPS) is 11.6. The Kier molecular flexibility index (Phi) is 13.0. The van der Waals surface area contributed by atoms with Crippen molar-refractivity contribution in [1.29, 1.82) is 0 Å². The maximum atomic E-state index is 5.76. The summed E-state index contributed by atoms with van der Waals surface area (Å²) in [6, 6.07) is 126. The summed E-state index contributed by atoms with van der Waals surface area (Å²) in [5.41, 5.74) is 18.9. The molecule has 0 unspecified atom stereocenters. The largest absolute Gasteiger partial charge is 0.310 e. The predicted octanol–water partition coefficient (Wildman–Crippen LogP) is 23.0. The molecule has 0 aliphatic rings. The number of aromatic nitrogens is 5. The second kappa shape index (κ2) is 22.6. The molecule has 4 heterocycles. The van der Waals surface area contributed by atoms with Gasteiger partial charge in [0.25, 0.3) is 0 Å². The van der Waals surface area contributed by atoms with Crippen molar-refractivity contribution in [2.45, 2.75) is 0 Å². The first-order chi connectivity index (χ1) is 46.6. The Morgan fingerprint density at radius 2 is 0.553 bits per heavy atom. The van der Waals surface area contributed by atoms with Crippen LogP contribution in [0.5, 0.6) is 0 Å². The Morgan fingerprint density at radius 3 is 0.979 bits per heavy atom. The van der Waals surface area contributed by atoms with Gasteiger partial charge in [0, 0.05) is 101 Å². The number of benzene rings is 14. The zero-order chi connectivity index (χ0) is 62.1. The molecule has 0 atom stereocenters. The summed E-state index contributed by atoms with van der Waals surface area (Å²) in [4.78, 5) is 18.5. The van der Waals surface area contributed by atoms with E-state index in [0.29, 0.717) is 5.95 Å². The van der Waals surface area contributed by atoms with Gasteiger partial charge >= 0.3 is 0 Å². The van der Waals surface area contributed by atoms with Crippen LogP contribution in [0.1, 0.15) is 0 Å². The third kappa shape index (κ3) is 9.22. The highest BCUT2D eigenvalue weighted by atomic mass is 15.2. The van der Waals surface area contributed by atoms with Crippen molar-refractivity contribution < 1.29 is 0 Å². The standard InChI is InChI=1S/C86H58N8/c1-7-25-62(26-8-1)89(63-27-9-2-10-28-63)69-47-50-82-75(55-69)72-37-19-22-40-79(72)92(82)68-46-45-59-43-44-60(53-61(59)54-68)78-58-85(93-80-41-23-20-38-73(80)76-56-70(48-51-83(76)93)90(64-29-11-3-12-30-64)65-31-13-4-14-32-65)88-86(87-78)94-81-42-24-21-39-74(81)77-57-71(49-52-84(77)94)91(66-33-15-5-16-34-66)67-35-17-6-18-36-67/h1-58H. The van der Waals surface area contributed by atoms with Crippen molar-refractivity contribution in [2.24, 2.45) is 0 Å². The Morgan fingerprint density at radius 1 is 0.213 bits per heavy atom. The first kappa shape index (κ1) is 54.2. The first-order valence-corrected chi connectivity index (χ1v) is 31.9. The van der Waals surface area contributed by atoms with Gasteiger partial charge in [0.05, 0.1) is 38.8 Å². The Balaban J connectivity index is 0.830. The SMILES string of the molecule is c1ccc(N(c2ccccc2)c2ccc3c(c2)c2ccccc2n3-c2ccc3ccc(-c4cc(-n5c6ccccc6c6cc(N(c7ccccc7)c7ccccc7)ccc65)nc(-n5c6ccccc6c6cc(N(c7ccccc7)c7ccccc7)ccc65)n4)cc3c2)cc1. The Labute approximate surface area is 543 Å². The second-order valence-electron chi connectivity index (χ2n) is 23.8. The van der Waals surface area contributed by atoms with Gasteiger partial charge in [-0.15, -0.1) is 0 Å². The summed E-state index contributed by atoms with van der Waals surface area (Å²) >= 11 is 0. The maximum Gasteiger partial charge on any atom is 0.237 e. The molecular weight excluding hydrogens is 1150 g/mol. The lowest BCUT2D eigenvalue weighted by Crippen LogP contribution is -2.10. The van der Waals surface area contributed by atoms with Crippen LogP contribution in [0.15, 0.2) is 352 Å². The van der Waals surface area contributed by atoms with E-state index >= 15 is 0 Å². The van der Waals surface area contributed by atoms with E-state index < -0.39 is 0 Å². The van der Waals surface area contributed by atoms with Gasteiger partial charge in [-0.2, -0.15) is 4.98 Å². The average Bonchev–Trinajstić information content (AvgIpc) is 1.58. The van der Waals surface area contributed by atoms with E-state index in [2.05, 4.69) is 380 Å². The molecule has 94 heavy (non-hydrogen) atoms. The van der Waals surface area contributed by atoms with Crippen molar-refractivity contribution in [3.63, 3.8) is 0 Å². The fourth-order valence-electron chi connectivity index (χ4n) is 14.2. The molecule has 0 N–H and O–H groups in total. The van der Waals surface area contributed by atoms with E-state index in [9.17, 15) is 0 Å². The topological polar surface area (TPSA) is 50.3 Å². The van der Waals surface area contributed by atoms with Crippen LogP contribution in [-0.4, -0.2) is 23.7 Å². The fourth-order valence-corrected chi connectivity index (χ4v) is 14.2. The number of hydrogen-bond donors (Lipinski definition) is 0. The minimum atomic E-state index is 0.563. The summed E-state index contributed by atoms with van der Waals surface area (Å²) in [5.74, 6) is 1.31. The maximum absolute atomic E-state index is 5.76. The van der Waals surface area contributed by atoms with Gasteiger partial charge in [-0.25, -0.2) is 4.98 Å². The molecule has 0 saturated carbocycles. The van der Waals surface area contributed by atoms with E-state index in [-0.39, 0.29) is 0 Å². The van der Waals surface area contributed by atoms with Crippen molar-refractivity contribution in [1.82, 2.24) is 23.7 Å². The highest BCUT2D eigenvalue weighted by Crippen LogP contribution is 2.45. The highest BCUT2D eigenvalue weighted by molar-refractivity contribution is 6.13. The van der Waals surface area contributed by atoms with E-state index in [1.165, 1.54) is 10.8 Å². The molecule has 18 rings (SSSR count). The lowest BCUT2D eigenvalue weighted by atomic mass is 10.0. The van der Waals surface area contributed by atoms with E-state index in [1.54, 1.807) is 0 Å². The number of hydrogen-bond acceptors (Lipinski definition) is 5. The highest BCUT2D eigenvalue weighted by Gasteiger charge is 2.24. The summed E-state index contributed by atoms with van der Waals surface area (Å²) in [7, 11) is 0. The average molecular weight is 1200 g/mol. The van der Waals surface area contributed by atoms with Crippen LogP contribution in [-0.2, 0) is 0 Å². The van der Waals surface area contributed by atoms with Gasteiger partial charge < -0.3 is 19.3 Å². The van der Waals surface area contributed by atoms with Gasteiger partial charge in [0.15, 0.2) is 0 Å². The summed E-state index contributed by atoms with van der Waals surface area (Å²) in [5, 5.41) is 9.02. The molecule has 0 saturated heterocycles. The number of para-hydroxylation sites is 9. The monoisotopic (exact) mass is 1200 g/mol. The van der Waals surface area contributed by atoms with E-state index in [0.717, 1.165) is 139 Å². The van der Waals surface area contributed by atoms with Gasteiger partial charge in [0.2, 0.25) is 5.95 Å². The van der Waals surface area contributed by atoms with Gasteiger partial charge in [-0.05, 0) is 175 Å². The summed E-state index contributed by atoms with van der Waals surface area (Å²) < 4.78 is 7.00. The molecule has 18 aromatic rings. The third-order valence-electron chi connectivity index (χ3n) is 18.3. The minimum absolute atomic E-state index is 0.563. The molecule has 442 valence electrons. The van der Waals surface area contributed by atoms with Crippen LogP contribution in [0, 0.1) is 0 Å². The lowest BCUT2D eigenvalue weighted by molar-refractivity contribution is 0.952. The summed E-state index contributed by atoms with van der Waals surface area (Å²) in [6.07, 6.45) is 0. The molecule has 8 heteroatoms. The molecule has 8 nitrogen and oxygen atoms in total. The molecule has 0 amide bonds. The quantitative estimate of drug-likeness (QED) is 0.115. The molecule has 0 aliphatic heterocycles. The van der Waals surface area contributed by atoms with Gasteiger partial charge in [0.1, 0.15) is 5.82 Å². The van der Waals surface area contributed by atoms with Crippen molar-refractivity contribution in [2.75, 3.05) is 14.7 Å². The molecule has 0 fully saturated rings. The van der Waals surface area contributed by atoms with Crippen LogP contribution in [0.25, 0.3) is 105 Å². The first-order valence-electron chi connectivity index (χ1n) is 31.9. The predicted molar refractivity (Wildman–Crippen MR) is 392 cm³/mol. The van der Waals surface area contributed by atoms with Crippen LogP contribution in [0.2, 0.25) is 0 Å². The fraction of sp³-hybridized carbons (Fsp3) is 0. The Bertz CT molecular complexity index is 5530. The zero-order valence-electron chi connectivity index (χ0n) is 51.1. The minimum Gasteiger partial charge on any atom is -0.310 e. The molecule has 14 aromatic carbocycles. The van der Waals surface area contributed by atoms with Crippen molar-refractivity contribution in [3.8, 4) is 28.7 Å². The van der Waals surface area contributed by atoms with Crippen molar-refractivity contribution in [3.05, 3.63) is 352 Å². The molecule has 0 bridgehead atoms. The van der Waals surface area contributed by atoms with Crippen LogP contribution < -0.4 is 14.7 Å². The number of fused-ring (bicyclic) bond motifs is 10. The Hall–Kier alpha value is -12.8. The molecule has 0 aliphatic carbocycles. The van der Waals surface area contributed by atoms with Crippen LogP contribution in [0.4, 0.5) is 51.2 Å². The number of rotatable bonds is 13. The van der Waals surface area contributed by atoms with E-state index in [4.69, 9.17) is 9.97 Å². The molecular formula is C86H58N8. The summed E-state index contributed by atoms with van der Waals surface area (Å²) in [6.45, 7) is 0. The lowest BCUT2D eigenvalue weighted by Gasteiger charge is -2.25. The van der Waals surface area contributed by atoms with Crippen LogP contribution >= 0.6 is 0 Å². The van der Waals surface area contributed by atoms with Crippen LogP contribution in [0.3, 0.4) is 0 Å². The number of nitrogens with zero attached hydrogens (tertiary/aromatic N) is 8.